The van der Waals surface area contributed by atoms with E-state index in [1.807, 2.05) is 0 Å². The Bertz CT molecular complexity index is 81.3. The third kappa shape index (κ3) is 3.39. The van der Waals surface area contributed by atoms with Gasteiger partial charge in [-0.3, -0.25) is 0 Å². The summed E-state index contributed by atoms with van der Waals surface area (Å²) in [6.07, 6.45) is 1.02. The average molecular weight is 172 g/mol. The number of rotatable bonds is 6. The predicted octanol–water partition coefficient (Wildman–Crippen LogP) is 2.81. The van der Waals surface area contributed by atoms with Gasteiger partial charge in [-0.05, 0) is 31.1 Å². The monoisotopic (exact) mass is 172 g/mol. The van der Waals surface area contributed by atoms with Gasteiger partial charge >= 0.3 is 0 Å². The molecule has 11 heavy (non-hydrogen) atoms. The van der Waals surface area contributed by atoms with E-state index in [0.29, 0.717) is 0 Å². The summed E-state index contributed by atoms with van der Waals surface area (Å²) >= 11 is 0. The zero-order chi connectivity index (χ0) is 8.74. The second-order valence-electron chi connectivity index (χ2n) is 3.12. The van der Waals surface area contributed by atoms with Crippen LogP contribution in [0.5, 0.6) is 0 Å². The lowest BCUT2D eigenvalue weighted by Gasteiger charge is -2.28. The average Bonchev–Trinajstić information content (AvgIpc) is 2.08. The van der Waals surface area contributed by atoms with Crippen LogP contribution in [0.1, 0.15) is 27.2 Å². The number of hydrogen-bond acceptors (Lipinski definition) is 1. The standard InChI is InChI=1S/C9H22NSi/c1-5-9-10-11(6-2,7-3)8-4/h10H,1,5-9H2,2-4H3. The fraction of sp³-hybridized carbons (Fsp3) is 0.889. The molecule has 0 bridgehead atoms. The summed E-state index contributed by atoms with van der Waals surface area (Å²) in [7, 11) is -1.03. The second-order valence-corrected chi connectivity index (χ2v) is 8.16. The summed E-state index contributed by atoms with van der Waals surface area (Å²) < 4.78 is 0. The molecular formula is C9H22NSi. The van der Waals surface area contributed by atoms with Crippen molar-refractivity contribution in [2.24, 2.45) is 0 Å². The first-order valence-corrected chi connectivity index (χ1v) is 7.41. The van der Waals surface area contributed by atoms with Gasteiger partial charge in [-0.1, -0.05) is 27.7 Å². The van der Waals surface area contributed by atoms with Gasteiger partial charge in [0.05, 0.1) is 0 Å². The van der Waals surface area contributed by atoms with E-state index in [1.165, 1.54) is 18.1 Å². The van der Waals surface area contributed by atoms with Crippen LogP contribution in [0.4, 0.5) is 0 Å². The molecule has 1 radical (unpaired) electrons. The van der Waals surface area contributed by atoms with Crippen molar-refractivity contribution in [1.29, 1.82) is 0 Å². The molecule has 0 saturated carbocycles. The van der Waals surface area contributed by atoms with Gasteiger partial charge in [-0.25, -0.2) is 0 Å². The van der Waals surface area contributed by atoms with Crippen LogP contribution >= 0.6 is 0 Å². The zero-order valence-electron chi connectivity index (χ0n) is 8.24. The molecule has 0 fully saturated rings. The highest BCUT2D eigenvalue weighted by Crippen LogP contribution is 2.15. The van der Waals surface area contributed by atoms with Gasteiger partial charge in [0.1, 0.15) is 8.24 Å². The molecule has 0 aliphatic carbocycles. The van der Waals surface area contributed by atoms with E-state index >= 15 is 0 Å². The molecule has 0 aromatic heterocycles. The highest BCUT2D eigenvalue weighted by molar-refractivity contribution is 6.77. The van der Waals surface area contributed by atoms with Crippen LogP contribution in [0.15, 0.2) is 0 Å². The van der Waals surface area contributed by atoms with Crippen molar-refractivity contribution in [3.8, 4) is 0 Å². The minimum Gasteiger partial charge on any atom is -0.337 e. The first kappa shape index (κ1) is 11.2. The molecule has 1 N–H and O–H groups in total. The van der Waals surface area contributed by atoms with Crippen LogP contribution in [0.2, 0.25) is 18.1 Å². The molecule has 0 amide bonds. The Balaban J connectivity index is 3.84. The number of hydrogen-bond donors (Lipinski definition) is 1. The van der Waals surface area contributed by atoms with Gasteiger partial charge in [0.15, 0.2) is 0 Å². The second kappa shape index (κ2) is 5.78. The van der Waals surface area contributed by atoms with Gasteiger partial charge in [-0.15, -0.1) is 0 Å². The minimum absolute atomic E-state index is 1.02. The van der Waals surface area contributed by atoms with Crippen LogP contribution in [0.25, 0.3) is 0 Å². The molecule has 67 valence electrons. The molecule has 0 aliphatic heterocycles. The van der Waals surface area contributed by atoms with Crippen molar-refractivity contribution < 1.29 is 0 Å². The summed E-state index contributed by atoms with van der Waals surface area (Å²) in [5.74, 6) is 0. The van der Waals surface area contributed by atoms with E-state index in [1.54, 1.807) is 0 Å². The summed E-state index contributed by atoms with van der Waals surface area (Å²) in [5, 5.41) is 0. The van der Waals surface area contributed by atoms with Gasteiger partial charge in [-0.2, -0.15) is 0 Å². The Morgan fingerprint density at radius 1 is 1.09 bits per heavy atom. The normalized spacial score (nSPS) is 12.0. The van der Waals surface area contributed by atoms with E-state index in [2.05, 4.69) is 32.7 Å². The van der Waals surface area contributed by atoms with E-state index in [-0.39, 0.29) is 0 Å². The lowest BCUT2D eigenvalue weighted by atomic mass is 10.5. The quantitative estimate of drug-likeness (QED) is 0.608. The largest absolute Gasteiger partial charge is 0.337 e. The Kier molecular flexibility index (Phi) is 5.87. The van der Waals surface area contributed by atoms with Crippen molar-refractivity contribution in [2.45, 2.75) is 45.3 Å². The molecule has 0 aromatic rings. The summed E-state index contributed by atoms with van der Waals surface area (Å²) in [4.78, 5) is 3.71. The first-order chi connectivity index (χ1) is 5.24. The topological polar surface area (TPSA) is 12.0 Å². The van der Waals surface area contributed by atoms with Crippen LogP contribution in [0.3, 0.4) is 0 Å². The molecule has 2 heteroatoms. The van der Waals surface area contributed by atoms with E-state index in [9.17, 15) is 0 Å². The van der Waals surface area contributed by atoms with Crippen molar-refractivity contribution in [2.75, 3.05) is 6.54 Å². The third-order valence-electron chi connectivity index (χ3n) is 2.71. The SMILES string of the molecule is [CH2]CCN[Si](CC)(CC)CC. The molecule has 0 aliphatic rings. The van der Waals surface area contributed by atoms with Crippen LogP contribution < -0.4 is 4.98 Å². The van der Waals surface area contributed by atoms with Crippen molar-refractivity contribution in [3.05, 3.63) is 6.92 Å². The molecule has 0 aromatic carbocycles. The van der Waals surface area contributed by atoms with Gasteiger partial charge in [0.2, 0.25) is 0 Å². The lowest BCUT2D eigenvalue weighted by molar-refractivity contribution is 0.853. The molecule has 0 unspecified atom stereocenters. The molecule has 0 spiro atoms. The Labute approximate surface area is 72.7 Å². The fourth-order valence-electron chi connectivity index (χ4n) is 1.48. The molecule has 0 rings (SSSR count). The minimum atomic E-state index is -1.03. The fourth-order valence-corrected chi connectivity index (χ4v) is 4.44. The van der Waals surface area contributed by atoms with Crippen molar-refractivity contribution >= 4 is 8.24 Å². The third-order valence-corrected chi connectivity index (χ3v) is 7.77. The predicted molar refractivity (Wildman–Crippen MR) is 55.2 cm³/mol. The van der Waals surface area contributed by atoms with Gasteiger partial charge in [0.25, 0.3) is 0 Å². The van der Waals surface area contributed by atoms with Crippen molar-refractivity contribution in [3.63, 3.8) is 0 Å². The van der Waals surface area contributed by atoms with E-state index in [4.69, 9.17) is 0 Å². The zero-order valence-corrected chi connectivity index (χ0v) is 9.24. The highest BCUT2D eigenvalue weighted by atomic mass is 28.3. The maximum atomic E-state index is 3.85. The molecule has 0 atom stereocenters. The van der Waals surface area contributed by atoms with E-state index in [0.717, 1.165) is 13.0 Å². The van der Waals surface area contributed by atoms with Gasteiger partial charge in [0, 0.05) is 0 Å². The molecule has 1 nitrogen and oxygen atoms in total. The van der Waals surface area contributed by atoms with Gasteiger partial charge < -0.3 is 4.98 Å². The Morgan fingerprint density at radius 3 is 1.82 bits per heavy atom. The van der Waals surface area contributed by atoms with Crippen LogP contribution in [0, 0.1) is 6.92 Å². The maximum absolute atomic E-state index is 3.85. The van der Waals surface area contributed by atoms with Crippen molar-refractivity contribution in [1.82, 2.24) is 4.98 Å². The summed E-state index contributed by atoms with van der Waals surface area (Å²) in [6, 6.07) is 4.08. The first-order valence-electron chi connectivity index (χ1n) is 4.79. The molecular weight excluding hydrogens is 150 g/mol. The number of nitrogens with one attached hydrogen (secondary N) is 1. The Morgan fingerprint density at radius 2 is 1.55 bits per heavy atom. The van der Waals surface area contributed by atoms with Crippen LogP contribution in [-0.2, 0) is 0 Å². The molecule has 0 heterocycles. The Hall–Kier alpha value is 0.177. The summed E-state index contributed by atoms with van der Waals surface area (Å²) in [5.41, 5.74) is 0. The van der Waals surface area contributed by atoms with Crippen LogP contribution in [-0.4, -0.2) is 14.8 Å². The molecule has 0 saturated heterocycles. The van der Waals surface area contributed by atoms with E-state index < -0.39 is 8.24 Å². The maximum Gasteiger partial charge on any atom is 0.124 e. The highest BCUT2D eigenvalue weighted by Gasteiger charge is 2.25. The summed E-state index contributed by atoms with van der Waals surface area (Å²) in [6.45, 7) is 11.9. The smallest absolute Gasteiger partial charge is 0.124 e. The lowest BCUT2D eigenvalue weighted by Crippen LogP contribution is -2.48.